The molecular weight excluding hydrogens is 236 g/mol. The molecule has 0 bridgehead atoms. The lowest BCUT2D eigenvalue weighted by atomic mass is 10.2. The van der Waals surface area contributed by atoms with Crippen molar-refractivity contribution in [2.75, 3.05) is 13.2 Å². The molecule has 1 heterocycles. The minimum Gasteiger partial charge on any atom is -0.450 e. The third-order valence-corrected chi connectivity index (χ3v) is 1.76. The number of hydrogen-bond donors (Lipinski definition) is 2. The normalized spacial score (nSPS) is 9.88. The minimum atomic E-state index is -1.38. The van der Waals surface area contributed by atoms with E-state index in [9.17, 15) is 9.59 Å². The fraction of sp³-hybridized carbons (Fsp3) is 0.500. The zero-order valence-electron chi connectivity index (χ0n) is 8.66. The van der Waals surface area contributed by atoms with Crippen molar-refractivity contribution >= 4 is 12.3 Å². The van der Waals surface area contributed by atoms with Gasteiger partial charge in [0.15, 0.2) is 0 Å². The van der Waals surface area contributed by atoms with Crippen molar-refractivity contribution in [1.82, 2.24) is 10.3 Å². The van der Waals surface area contributed by atoms with Crippen LogP contribution in [0, 0.1) is 0 Å². The van der Waals surface area contributed by atoms with E-state index in [-0.39, 0.29) is 26.1 Å². The van der Waals surface area contributed by atoms with Crippen molar-refractivity contribution < 1.29 is 33.9 Å². The van der Waals surface area contributed by atoms with Crippen LogP contribution in [-0.4, -0.2) is 46.1 Å². The SMILES string of the molecule is O=C(O)OCCc1nonc1CCOC(=O)O. The average molecular weight is 246 g/mol. The summed E-state index contributed by atoms with van der Waals surface area (Å²) in [5, 5.41) is 23.6. The van der Waals surface area contributed by atoms with Gasteiger partial charge in [0.05, 0.1) is 0 Å². The summed E-state index contributed by atoms with van der Waals surface area (Å²) in [6, 6.07) is 0. The Hall–Kier alpha value is -2.32. The first kappa shape index (κ1) is 12.7. The van der Waals surface area contributed by atoms with Crippen molar-refractivity contribution in [3.8, 4) is 0 Å². The Bertz CT molecular complexity index is 354. The van der Waals surface area contributed by atoms with E-state index in [0.717, 1.165) is 0 Å². The summed E-state index contributed by atoms with van der Waals surface area (Å²) in [7, 11) is 0. The van der Waals surface area contributed by atoms with Gasteiger partial charge in [0, 0.05) is 12.8 Å². The Morgan fingerprint density at radius 2 is 1.41 bits per heavy atom. The molecule has 9 nitrogen and oxygen atoms in total. The van der Waals surface area contributed by atoms with Gasteiger partial charge in [0.25, 0.3) is 0 Å². The maximum absolute atomic E-state index is 10.1. The summed E-state index contributed by atoms with van der Waals surface area (Å²) in [6.07, 6.45) is -2.34. The Labute approximate surface area is 94.9 Å². The number of rotatable bonds is 6. The maximum atomic E-state index is 10.1. The monoisotopic (exact) mass is 246 g/mol. The summed E-state index contributed by atoms with van der Waals surface area (Å²) in [4.78, 5) is 20.2. The second kappa shape index (κ2) is 6.30. The van der Waals surface area contributed by atoms with Crippen LogP contribution in [0.15, 0.2) is 4.63 Å². The van der Waals surface area contributed by atoms with E-state index in [1.807, 2.05) is 0 Å². The first-order chi connectivity index (χ1) is 8.09. The maximum Gasteiger partial charge on any atom is 0.505 e. The molecule has 1 aromatic rings. The number of aromatic nitrogens is 2. The van der Waals surface area contributed by atoms with E-state index in [1.165, 1.54) is 0 Å². The Morgan fingerprint density at radius 3 is 1.76 bits per heavy atom. The van der Waals surface area contributed by atoms with Gasteiger partial charge in [0.1, 0.15) is 24.6 Å². The molecule has 0 amide bonds. The highest BCUT2D eigenvalue weighted by Crippen LogP contribution is 2.05. The molecule has 94 valence electrons. The third kappa shape index (κ3) is 4.82. The minimum absolute atomic E-state index is 0.0731. The highest BCUT2D eigenvalue weighted by atomic mass is 16.7. The first-order valence-electron chi connectivity index (χ1n) is 4.61. The molecule has 0 aromatic carbocycles. The molecule has 0 saturated carbocycles. The number of ether oxygens (including phenoxy) is 2. The van der Waals surface area contributed by atoms with Crippen LogP contribution in [0.5, 0.6) is 0 Å². The van der Waals surface area contributed by atoms with Gasteiger partial charge in [-0.15, -0.1) is 0 Å². The number of carbonyl (C=O) groups is 2. The second-order valence-electron chi connectivity index (χ2n) is 2.89. The number of hydrogen-bond acceptors (Lipinski definition) is 7. The highest BCUT2D eigenvalue weighted by molar-refractivity contribution is 5.57. The number of nitrogens with zero attached hydrogens (tertiary/aromatic N) is 2. The van der Waals surface area contributed by atoms with Crippen molar-refractivity contribution in [2.24, 2.45) is 0 Å². The molecule has 0 aliphatic heterocycles. The molecule has 0 spiro atoms. The molecule has 0 fully saturated rings. The van der Waals surface area contributed by atoms with Crippen molar-refractivity contribution in [3.63, 3.8) is 0 Å². The van der Waals surface area contributed by atoms with Gasteiger partial charge in [-0.05, 0) is 0 Å². The predicted molar refractivity (Wildman–Crippen MR) is 49.7 cm³/mol. The van der Waals surface area contributed by atoms with Crippen LogP contribution in [0.25, 0.3) is 0 Å². The molecule has 2 N–H and O–H groups in total. The van der Waals surface area contributed by atoms with E-state index < -0.39 is 12.3 Å². The molecule has 0 saturated heterocycles. The van der Waals surface area contributed by atoms with Crippen LogP contribution in [0.2, 0.25) is 0 Å². The van der Waals surface area contributed by atoms with Crippen molar-refractivity contribution in [1.29, 1.82) is 0 Å². The standard InChI is InChI=1S/C8H10N2O7/c11-7(12)15-3-1-5-6(10-17-9-5)2-4-16-8(13)14/h1-4H2,(H,11,12)(H,13,14). The molecular formula is C8H10N2O7. The highest BCUT2D eigenvalue weighted by Gasteiger charge is 2.11. The summed E-state index contributed by atoms with van der Waals surface area (Å²) in [5.41, 5.74) is 0.834. The van der Waals surface area contributed by atoms with Crippen molar-refractivity contribution in [3.05, 3.63) is 11.4 Å². The second-order valence-corrected chi connectivity index (χ2v) is 2.89. The first-order valence-corrected chi connectivity index (χ1v) is 4.61. The van der Waals surface area contributed by atoms with Gasteiger partial charge in [-0.1, -0.05) is 10.3 Å². The van der Waals surface area contributed by atoms with Gasteiger partial charge in [0.2, 0.25) is 0 Å². The van der Waals surface area contributed by atoms with Crippen LogP contribution < -0.4 is 0 Å². The lowest BCUT2D eigenvalue weighted by Gasteiger charge is -2.00. The topological polar surface area (TPSA) is 132 Å². The average Bonchev–Trinajstić information content (AvgIpc) is 2.65. The van der Waals surface area contributed by atoms with Crippen molar-refractivity contribution in [2.45, 2.75) is 12.8 Å². The van der Waals surface area contributed by atoms with Gasteiger partial charge < -0.3 is 19.7 Å². The molecule has 0 atom stereocenters. The third-order valence-electron chi connectivity index (χ3n) is 1.76. The van der Waals surface area contributed by atoms with E-state index >= 15 is 0 Å². The zero-order chi connectivity index (χ0) is 12.7. The zero-order valence-corrected chi connectivity index (χ0v) is 8.66. The van der Waals surface area contributed by atoms with Crippen LogP contribution in [0.3, 0.4) is 0 Å². The van der Waals surface area contributed by atoms with Gasteiger partial charge in [-0.2, -0.15) is 0 Å². The summed E-state index contributed by atoms with van der Waals surface area (Å²) in [6.45, 7) is -0.146. The quantitative estimate of drug-likeness (QED) is 0.690. The predicted octanol–water partition coefficient (Wildman–Crippen LogP) is 0.544. The Balaban J connectivity index is 2.37. The van der Waals surface area contributed by atoms with Crippen LogP contribution in [0.1, 0.15) is 11.4 Å². The summed E-state index contributed by atoms with van der Waals surface area (Å²) >= 11 is 0. The van der Waals surface area contributed by atoms with Crippen LogP contribution >= 0.6 is 0 Å². The van der Waals surface area contributed by atoms with Crippen LogP contribution in [0.4, 0.5) is 9.59 Å². The summed E-state index contributed by atoms with van der Waals surface area (Å²) < 4.78 is 13.0. The Kier molecular flexibility index (Phi) is 4.73. The molecule has 9 heteroatoms. The largest absolute Gasteiger partial charge is 0.505 e. The molecule has 1 rings (SSSR count). The van der Waals surface area contributed by atoms with E-state index in [1.54, 1.807) is 0 Å². The lowest BCUT2D eigenvalue weighted by molar-refractivity contribution is 0.0900. The molecule has 17 heavy (non-hydrogen) atoms. The fourth-order valence-corrected chi connectivity index (χ4v) is 1.07. The smallest absolute Gasteiger partial charge is 0.450 e. The van der Waals surface area contributed by atoms with E-state index in [4.69, 9.17) is 10.2 Å². The molecule has 0 radical (unpaired) electrons. The fourth-order valence-electron chi connectivity index (χ4n) is 1.07. The van der Waals surface area contributed by atoms with Crippen LogP contribution in [-0.2, 0) is 22.3 Å². The lowest BCUT2D eigenvalue weighted by Crippen LogP contribution is -2.08. The van der Waals surface area contributed by atoms with E-state index in [0.29, 0.717) is 11.4 Å². The summed E-state index contributed by atoms with van der Waals surface area (Å²) in [5.74, 6) is 0. The molecule has 1 aromatic heterocycles. The molecule has 0 aliphatic carbocycles. The Morgan fingerprint density at radius 1 is 1.00 bits per heavy atom. The van der Waals surface area contributed by atoms with Gasteiger partial charge in [-0.3, -0.25) is 0 Å². The molecule has 0 aliphatic rings. The van der Waals surface area contributed by atoms with Gasteiger partial charge >= 0.3 is 12.3 Å². The van der Waals surface area contributed by atoms with E-state index in [2.05, 4.69) is 24.4 Å². The number of carboxylic acid groups (broad SMARTS) is 2. The van der Waals surface area contributed by atoms with Gasteiger partial charge in [-0.25, -0.2) is 14.2 Å². The molecule has 0 unspecified atom stereocenters.